The highest BCUT2D eigenvalue weighted by Crippen LogP contribution is 2.45. The quantitative estimate of drug-likeness (QED) is 0.337. The van der Waals surface area contributed by atoms with Gasteiger partial charge in [0.15, 0.2) is 0 Å². The molecule has 162 valence electrons. The fourth-order valence-electron chi connectivity index (χ4n) is 4.51. The van der Waals surface area contributed by atoms with Crippen LogP contribution >= 0.6 is 11.3 Å². The van der Waals surface area contributed by atoms with Gasteiger partial charge >= 0.3 is 0 Å². The minimum absolute atomic E-state index is 0.0723. The number of benzene rings is 2. The molecule has 0 aliphatic carbocycles. The van der Waals surface area contributed by atoms with Crippen LogP contribution in [0.25, 0.3) is 5.76 Å². The minimum Gasteiger partial charge on any atom is -0.507 e. The van der Waals surface area contributed by atoms with Crippen molar-refractivity contribution in [1.29, 1.82) is 0 Å². The third-order valence-electron chi connectivity index (χ3n) is 6.04. The molecule has 0 saturated carbocycles. The van der Waals surface area contributed by atoms with Crippen LogP contribution in [-0.2, 0) is 16.0 Å². The van der Waals surface area contributed by atoms with Gasteiger partial charge in [-0.25, -0.2) is 0 Å². The first-order valence-electron chi connectivity index (χ1n) is 10.6. The van der Waals surface area contributed by atoms with Gasteiger partial charge < -0.3 is 9.84 Å². The number of rotatable bonds is 3. The van der Waals surface area contributed by atoms with Crippen molar-refractivity contribution in [2.75, 3.05) is 4.90 Å². The van der Waals surface area contributed by atoms with Crippen LogP contribution in [0.4, 0.5) is 5.69 Å². The van der Waals surface area contributed by atoms with Gasteiger partial charge in [-0.15, -0.1) is 11.3 Å². The monoisotopic (exact) mass is 445 g/mol. The molecule has 3 aromatic rings. The number of hydrogen-bond donors (Lipinski definition) is 1. The first-order valence-corrected chi connectivity index (χ1v) is 11.4. The highest BCUT2D eigenvalue weighted by molar-refractivity contribution is 7.10. The maximum Gasteiger partial charge on any atom is 0.300 e. The number of Topliss-reactive ketones (excluding diaryl/α,β-unsaturated/α-hetero) is 1. The second kappa shape index (κ2) is 7.64. The van der Waals surface area contributed by atoms with Gasteiger partial charge in [0.1, 0.15) is 23.7 Å². The van der Waals surface area contributed by atoms with E-state index >= 15 is 0 Å². The van der Waals surface area contributed by atoms with Crippen molar-refractivity contribution < 1.29 is 19.4 Å². The van der Waals surface area contributed by atoms with E-state index in [-0.39, 0.29) is 17.4 Å². The molecule has 2 aliphatic rings. The van der Waals surface area contributed by atoms with E-state index < -0.39 is 17.7 Å². The lowest BCUT2D eigenvalue weighted by Crippen LogP contribution is -2.29. The Labute approximate surface area is 190 Å². The third kappa shape index (κ3) is 3.22. The van der Waals surface area contributed by atoms with E-state index in [4.69, 9.17) is 4.74 Å². The standard InChI is InChI=1S/C26H23NO4S/c1-14-5-4-6-19(11-14)27-22(25-15(2)9-10-32-25)21(24(29)26(27)30)23(28)17-7-8-20-18(13-17)12-16(3)31-20/h4-11,13,16,22,28H,12H2,1-3H3/b23-21-. The molecule has 1 aromatic heterocycles. The van der Waals surface area contributed by atoms with E-state index in [0.717, 1.165) is 33.7 Å². The molecule has 0 spiro atoms. The number of aliphatic hydroxyl groups excluding tert-OH is 1. The van der Waals surface area contributed by atoms with Gasteiger partial charge in [-0.3, -0.25) is 14.5 Å². The third-order valence-corrected chi connectivity index (χ3v) is 7.12. The van der Waals surface area contributed by atoms with Crippen LogP contribution in [0.1, 0.15) is 40.1 Å². The van der Waals surface area contributed by atoms with Gasteiger partial charge in [0.05, 0.1) is 5.57 Å². The Morgan fingerprint density at radius 3 is 2.66 bits per heavy atom. The van der Waals surface area contributed by atoms with Crippen molar-refractivity contribution >= 4 is 34.5 Å². The molecule has 2 aromatic carbocycles. The molecule has 1 N–H and O–H groups in total. The molecule has 32 heavy (non-hydrogen) atoms. The molecule has 0 bridgehead atoms. The smallest absolute Gasteiger partial charge is 0.300 e. The van der Waals surface area contributed by atoms with Crippen molar-refractivity contribution in [2.45, 2.75) is 39.3 Å². The number of carbonyl (C=O) groups is 2. The second-order valence-corrected chi connectivity index (χ2v) is 9.38. The summed E-state index contributed by atoms with van der Waals surface area (Å²) in [6, 6.07) is 14.2. The lowest BCUT2D eigenvalue weighted by atomic mass is 9.97. The van der Waals surface area contributed by atoms with Crippen LogP contribution in [0.3, 0.4) is 0 Å². The number of fused-ring (bicyclic) bond motifs is 1. The Hall–Kier alpha value is -3.38. The molecule has 6 heteroatoms. The summed E-state index contributed by atoms with van der Waals surface area (Å²) in [4.78, 5) is 28.9. The van der Waals surface area contributed by atoms with Crippen LogP contribution in [0.2, 0.25) is 0 Å². The number of ketones is 1. The zero-order valence-electron chi connectivity index (χ0n) is 18.1. The molecule has 3 heterocycles. The van der Waals surface area contributed by atoms with Crippen molar-refractivity contribution in [3.05, 3.63) is 86.6 Å². The summed E-state index contributed by atoms with van der Waals surface area (Å²) >= 11 is 1.48. The van der Waals surface area contributed by atoms with E-state index in [1.165, 1.54) is 16.2 Å². The summed E-state index contributed by atoms with van der Waals surface area (Å²) in [6.07, 6.45) is 0.810. The zero-order chi connectivity index (χ0) is 22.6. The first-order chi connectivity index (χ1) is 15.3. The summed E-state index contributed by atoms with van der Waals surface area (Å²) in [5.74, 6) is -0.668. The largest absolute Gasteiger partial charge is 0.507 e. The Bertz CT molecular complexity index is 1290. The molecule has 1 amide bonds. The van der Waals surface area contributed by atoms with Crippen LogP contribution in [-0.4, -0.2) is 22.9 Å². The predicted molar refractivity (Wildman–Crippen MR) is 125 cm³/mol. The maximum atomic E-state index is 13.3. The van der Waals surface area contributed by atoms with Crippen LogP contribution in [0.5, 0.6) is 5.75 Å². The molecular weight excluding hydrogens is 422 g/mol. The molecule has 5 rings (SSSR count). The fraction of sp³-hybridized carbons (Fsp3) is 0.231. The topological polar surface area (TPSA) is 66.8 Å². The number of anilines is 1. The van der Waals surface area contributed by atoms with E-state index in [1.54, 1.807) is 6.07 Å². The van der Waals surface area contributed by atoms with Crippen molar-refractivity contribution in [3.63, 3.8) is 0 Å². The van der Waals surface area contributed by atoms with Crippen LogP contribution in [0.15, 0.2) is 59.5 Å². The number of aryl methyl sites for hydroxylation is 2. The van der Waals surface area contributed by atoms with E-state index in [1.807, 2.05) is 68.6 Å². The predicted octanol–water partition coefficient (Wildman–Crippen LogP) is 5.31. The zero-order valence-corrected chi connectivity index (χ0v) is 18.9. The van der Waals surface area contributed by atoms with E-state index in [2.05, 4.69) is 0 Å². The van der Waals surface area contributed by atoms with Crippen molar-refractivity contribution in [3.8, 4) is 5.75 Å². The lowest BCUT2D eigenvalue weighted by Gasteiger charge is -2.25. The van der Waals surface area contributed by atoms with Gasteiger partial charge in [-0.1, -0.05) is 12.1 Å². The SMILES string of the molecule is Cc1cccc(N2C(=O)C(=O)/C(=C(\O)c3ccc4c(c3)CC(C)O4)C2c2sccc2C)c1. The second-order valence-electron chi connectivity index (χ2n) is 8.43. The number of carbonyl (C=O) groups excluding carboxylic acids is 2. The highest BCUT2D eigenvalue weighted by atomic mass is 32.1. The summed E-state index contributed by atoms with van der Waals surface area (Å²) in [7, 11) is 0. The Morgan fingerprint density at radius 2 is 1.94 bits per heavy atom. The number of amides is 1. The lowest BCUT2D eigenvalue weighted by molar-refractivity contribution is -0.132. The van der Waals surface area contributed by atoms with Crippen LogP contribution < -0.4 is 9.64 Å². The molecule has 2 atom stereocenters. The van der Waals surface area contributed by atoms with Gasteiger partial charge in [0.2, 0.25) is 0 Å². The number of hydrogen-bond acceptors (Lipinski definition) is 5. The number of ether oxygens (including phenoxy) is 1. The number of aliphatic hydroxyl groups is 1. The number of nitrogens with zero attached hydrogens (tertiary/aromatic N) is 1. The summed E-state index contributed by atoms with van der Waals surface area (Å²) in [5.41, 5.74) is 4.22. The number of thiophene rings is 1. The van der Waals surface area contributed by atoms with Gasteiger partial charge in [-0.05, 0) is 79.2 Å². The van der Waals surface area contributed by atoms with Crippen molar-refractivity contribution in [2.24, 2.45) is 0 Å². The summed E-state index contributed by atoms with van der Waals surface area (Å²) in [5, 5.41) is 13.3. The first kappa shape index (κ1) is 20.5. The maximum absolute atomic E-state index is 13.3. The van der Waals surface area contributed by atoms with E-state index in [9.17, 15) is 14.7 Å². The van der Waals surface area contributed by atoms with Gasteiger partial charge in [-0.2, -0.15) is 0 Å². The van der Waals surface area contributed by atoms with Gasteiger partial charge in [0, 0.05) is 22.5 Å². The summed E-state index contributed by atoms with van der Waals surface area (Å²) in [6.45, 7) is 5.89. The van der Waals surface area contributed by atoms with Crippen molar-refractivity contribution in [1.82, 2.24) is 0 Å². The Morgan fingerprint density at radius 1 is 1.12 bits per heavy atom. The average molecular weight is 446 g/mol. The normalized spacial score (nSPS) is 21.7. The van der Waals surface area contributed by atoms with Gasteiger partial charge in [0.25, 0.3) is 11.7 Å². The fourth-order valence-corrected chi connectivity index (χ4v) is 5.54. The van der Waals surface area contributed by atoms with Crippen LogP contribution in [0, 0.1) is 13.8 Å². The minimum atomic E-state index is -0.680. The highest BCUT2D eigenvalue weighted by Gasteiger charge is 2.48. The average Bonchev–Trinajstić information content (AvgIpc) is 3.42. The molecule has 5 nitrogen and oxygen atoms in total. The molecule has 1 fully saturated rings. The molecule has 2 aliphatic heterocycles. The molecule has 2 unspecified atom stereocenters. The molecule has 1 saturated heterocycles. The Kier molecular flexibility index (Phi) is 4.90. The van der Waals surface area contributed by atoms with E-state index in [0.29, 0.717) is 11.3 Å². The molecular formula is C26H23NO4S. The summed E-state index contributed by atoms with van der Waals surface area (Å²) < 4.78 is 5.76. The molecule has 0 radical (unpaired) electrons. The Balaban J connectivity index is 1.70.